The minimum atomic E-state index is -0.134. The number of piperidine rings is 1. The highest BCUT2D eigenvalue weighted by atomic mass is 32.2. The molecule has 176 valence electrons. The minimum Gasteiger partial charge on any atom is -0.497 e. The van der Waals surface area contributed by atoms with Gasteiger partial charge < -0.3 is 9.64 Å². The molecule has 0 radical (unpaired) electrons. The molecule has 3 aromatic rings. The van der Waals surface area contributed by atoms with Gasteiger partial charge in [0.05, 0.1) is 29.5 Å². The molecule has 1 unspecified atom stereocenters. The molecular formula is C25H27N5O2S2. The first kappa shape index (κ1) is 22.9. The zero-order valence-electron chi connectivity index (χ0n) is 19.1. The van der Waals surface area contributed by atoms with Crippen molar-refractivity contribution in [3.05, 3.63) is 64.6 Å². The van der Waals surface area contributed by atoms with E-state index in [-0.39, 0.29) is 17.7 Å². The average Bonchev–Trinajstić information content (AvgIpc) is 3.59. The number of benzene rings is 1. The Bertz CT molecular complexity index is 1140. The largest absolute Gasteiger partial charge is 0.497 e. The standard InChI is InChI=1S/C25H27N5O2S2/c1-32-19-9-7-18(8-10-19)21-14-20(22-6-5-13-33-22)28-30(21)25(31)16-34-24-15-23(26-17-27-24)29-11-3-2-4-12-29/h5-10,13,15,17,21H,2-4,11-12,14,16H2,1H3. The number of rotatable bonds is 7. The van der Waals surface area contributed by atoms with Gasteiger partial charge in [-0.1, -0.05) is 30.0 Å². The van der Waals surface area contributed by atoms with Crippen molar-refractivity contribution in [1.82, 2.24) is 15.0 Å². The van der Waals surface area contributed by atoms with E-state index in [1.165, 1.54) is 31.0 Å². The fraction of sp³-hybridized carbons (Fsp3) is 0.360. The van der Waals surface area contributed by atoms with Crippen molar-refractivity contribution >= 4 is 40.5 Å². The highest BCUT2D eigenvalue weighted by Gasteiger charge is 2.33. The van der Waals surface area contributed by atoms with Crippen LogP contribution in [0.25, 0.3) is 0 Å². The molecule has 0 bridgehead atoms. The summed E-state index contributed by atoms with van der Waals surface area (Å²) in [5.74, 6) is 1.97. The zero-order chi connectivity index (χ0) is 23.3. The van der Waals surface area contributed by atoms with E-state index in [0.717, 1.165) is 45.8 Å². The van der Waals surface area contributed by atoms with Crippen LogP contribution in [0.4, 0.5) is 5.82 Å². The van der Waals surface area contributed by atoms with Crippen molar-refractivity contribution in [2.75, 3.05) is 30.9 Å². The lowest BCUT2D eigenvalue weighted by Gasteiger charge is -2.27. The number of hydrogen-bond acceptors (Lipinski definition) is 8. The third-order valence-corrected chi connectivity index (χ3v) is 7.95. The molecule has 1 aromatic carbocycles. The van der Waals surface area contributed by atoms with E-state index in [1.54, 1.807) is 29.8 Å². The highest BCUT2D eigenvalue weighted by Crippen LogP contribution is 2.35. The minimum absolute atomic E-state index is 0.0319. The molecule has 7 nitrogen and oxygen atoms in total. The Kier molecular flexibility index (Phi) is 7.10. The van der Waals surface area contributed by atoms with Crippen LogP contribution < -0.4 is 9.64 Å². The van der Waals surface area contributed by atoms with E-state index in [1.807, 2.05) is 41.8 Å². The Labute approximate surface area is 207 Å². The number of amides is 1. The summed E-state index contributed by atoms with van der Waals surface area (Å²) in [5, 5.41) is 9.26. The summed E-state index contributed by atoms with van der Waals surface area (Å²) in [6.45, 7) is 2.05. The van der Waals surface area contributed by atoms with Crippen LogP contribution in [0.5, 0.6) is 5.75 Å². The summed E-state index contributed by atoms with van der Waals surface area (Å²) in [4.78, 5) is 25.6. The fourth-order valence-electron chi connectivity index (χ4n) is 4.32. The Hall–Kier alpha value is -2.91. The SMILES string of the molecule is COc1ccc(C2CC(c3cccs3)=NN2C(=O)CSc2cc(N3CCCCC3)ncn2)cc1. The van der Waals surface area contributed by atoms with Gasteiger partial charge in [0.15, 0.2) is 0 Å². The van der Waals surface area contributed by atoms with Gasteiger partial charge in [-0.2, -0.15) is 5.10 Å². The fourth-order valence-corrected chi connectivity index (χ4v) is 5.76. The Morgan fingerprint density at radius 1 is 1.15 bits per heavy atom. The van der Waals surface area contributed by atoms with Gasteiger partial charge in [0.25, 0.3) is 5.91 Å². The predicted octanol–water partition coefficient (Wildman–Crippen LogP) is 5.01. The van der Waals surface area contributed by atoms with E-state index in [2.05, 4.69) is 20.9 Å². The topological polar surface area (TPSA) is 70.9 Å². The second-order valence-corrected chi connectivity index (χ2v) is 10.2. The summed E-state index contributed by atoms with van der Waals surface area (Å²) >= 11 is 3.09. The number of anilines is 1. The maximum atomic E-state index is 13.4. The molecule has 0 N–H and O–H groups in total. The number of aromatic nitrogens is 2. The molecule has 2 aliphatic rings. The molecule has 9 heteroatoms. The molecule has 5 rings (SSSR count). The van der Waals surface area contributed by atoms with Crippen LogP contribution >= 0.6 is 23.1 Å². The third-order valence-electron chi connectivity index (χ3n) is 6.12. The van der Waals surface area contributed by atoms with Crippen LogP contribution in [-0.4, -0.2) is 52.5 Å². The molecule has 0 spiro atoms. The molecule has 1 amide bonds. The number of hydrogen-bond donors (Lipinski definition) is 0. The summed E-state index contributed by atoms with van der Waals surface area (Å²) < 4.78 is 5.30. The molecule has 2 aromatic heterocycles. The maximum Gasteiger partial charge on any atom is 0.253 e. The monoisotopic (exact) mass is 493 g/mol. The van der Waals surface area contributed by atoms with Gasteiger partial charge in [-0.15, -0.1) is 11.3 Å². The normalized spacial score (nSPS) is 18.1. The Morgan fingerprint density at radius 3 is 2.71 bits per heavy atom. The van der Waals surface area contributed by atoms with Crippen molar-refractivity contribution in [3.8, 4) is 5.75 Å². The number of nitrogens with zero attached hydrogens (tertiary/aromatic N) is 5. The van der Waals surface area contributed by atoms with E-state index in [4.69, 9.17) is 9.84 Å². The Balaban J connectivity index is 1.31. The zero-order valence-corrected chi connectivity index (χ0v) is 20.7. The van der Waals surface area contributed by atoms with Crippen molar-refractivity contribution in [1.29, 1.82) is 0 Å². The molecule has 0 aliphatic carbocycles. The number of hydrazone groups is 1. The average molecular weight is 494 g/mol. The van der Waals surface area contributed by atoms with Crippen LogP contribution in [-0.2, 0) is 4.79 Å². The van der Waals surface area contributed by atoms with Crippen LogP contribution in [0, 0.1) is 0 Å². The predicted molar refractivity (Wildman–Crippen MR) is 137 cm³/mol. The number of carbonyl (C=O) groups is 1. The van der Waals surface area contributed by atoms with Crippen LogP contribution in [0.2, 0.25) is 0 Å². The highest BCUT2D eigenvalue weighted by molar-refractivity contribution is 7.99. The number of ether oxygens (including phenoxy) is 1. The van der Waals surface area contributed by atoms with Gasteiger partial charge in [-0.25, -0.2) is 15.0 Å². The van der Waals surface area contributed by atoms with Crippen LogP contribution in [0.3, 0.4) is 0 Å². The molecular weight excluding hydrogens is 466 g/mol. The molecule has 34 heavy (non-hydrogen) atoms. The summed E-state index contributed by atoms with van der Waals surface area (Å²) in [6, 6.07) is 13.8. The first-order chi connectivity index (χ1) is 16.7. The second-order valence-electron chi connectivity index (χ2n) is 8.31. The maximum absolute atomic E-state index is 13.4. The first-order valence-corrected chi connectivity index (χ1v) is 13.3. The molecule has 1 atom stereocenters. The van der Waals surface area contributed by atoms with Crippen molar-refractivity contribution < 1.29 is 9.53 Å². The first-order valence-electron chi connectivity index (χ1n) is 11.5. The number of carbonyl (C=O) groups excluding carboxylic acids is 1. The lowest BCUT2D eigenvalue weighted by atomic mass is 10.0. The second kappa shape index (κ2) is 10.6. The lowest BCUT2D eigenvalue weighted by Crippen LogP contribution is -2.30. The molecule has 2 aliphatic heterocycles. The van der Waals surface area contributed by atoms with Crippen LogP contribution in [0.15, 0.2) is 64.3 Å². The van der Waals surface area contributed by atoms with Crippen molar-refractivity contribution in [3.63, 3.8) is 0 Å². The summed E-state index contributed by atoms with van der Waals surface area (Å²) in [7, 11) is 1.65. The quantitative estimate of drug-likeness (QED) is 0.340. The van der Waals surface area contributed by atoms with Gasteiger partial charge in [0.1, 0.15) is 22.9 Å². The van der Waals surface area contributed by atoms with Gasteiger partial charge >= 0.3 is 0 Å². The molecule has 4 heterocycles. The number of thiophene rings is 1. The van der Waals surface area contributed by atoms with Gasteiger partial charge in [0, 0.05) is 25.6 Å². The van der Waals surface area contributed by atoms with Crippen molar-refractivity contribution in [2.45, 2.75) is 36.8 Å². The lowest BCUT2D eigenvalue weighted by molar-refractivity contribution is -0.130. The summed E-state index contributed by atoms with van der Waals surface area (Å²) in [5.41, 5.74) is 1.99. The van der Waals surface area contributed by atoms with Gasteiger partial charge in [0.2, 0.25) is 0 Å². The molecule has 0 saturated carbocycles. The van der Waals surface area contributed by atoms with Gasteiger partial charge in [-0.3, -0.25) is 4.79 Å². The van der Waals surface area contributed by atoms with E-state index < -0.39 is 0 Å². The van der Waals surface area contributed by atoms with E-state index in [9.17, 15) is 4.79 Å². The molecule has 1 saturated heterocycles. The summed E-state index contributed by atoms with van der Waals surface area (Å²) in [6.07, 6.45) is 5.95. The van der Waals surface area contributed by atoms with E-state index in [0.29, 0.717) is 6.42 Å². The third kappa shape index (κ3) is 5.10. The number of thioether (sulfide) groups is 1. The smallest absolute Gasteiger partial charge is 0.253 e. The van der Waals surface area contributed by atoms with Crippen molar-refractivity contribution in [2.24, 2.45) is 5.10 Å². The van der Waals surface area contributed by atoms with Crippen LogP contribution in [0.1, 0.15) is 42.2 Å². The Morgan fingerprint density at radius 2 is 1.97 bits per heavy atom. The van der Waals surface area contributed by atoms with Gasteiger partial charge in [-0.05, 0) is 48.4 Å². The molecule has 1 fully saturated rings. The van der Waals surface area contributed by atoms with E-state index >= 15 is 0 Å². The number of methoxy groups -OCH3 is 1.